The minimum absolute atomic E-state index is 0.0167. The highest BCUT2D eigenvalue weighted by molar-refractivity contribution is 5.83. The van der Waals surface area contributed by atoms with Gasteiger partial charge in [0.05, 0.1) is 12.8 Å². The van der Waals surface area contributed by atoms with Gasteiger partial charge in [0, 0.05) is 0 Å². The maximum absolute atomic E-state index is 11.0. The van der Waals surface area contributed by atoms with Gasteiger partial charge in [-0.25, -0.2) is 4.79 Å². The lowest BCUT2D eigenvalue weighted by atomic mass is 10.3. The van der Waals surface area contributed by atoms with Gasteiger partial charge in [0.15, 0.2) is 6.10 Å². The number of carbonyl (C=O) groups excluding carboxylic acids is 2. The van der Waals surface area contributed by atoms with Gasteiger partial charge in [-0.3, -0.25) is 4.79 Å². The molecule has 0 aliphatic carbocycles. The average molecular weight is 204 g/mol. The fourth-order valence-corrected chi connectivity index (χ4v) is 1.12. The Bertz CT molecular complexity index is 250. The van der Waals surface area contributed by atoms with E-state index in [1.807, 2.05) is 0 Å². The highest BCUT2D eigenvalue weighted by atomic mass is 16.8. The van der Waals surface area contributed by atoms with Crippen molar-refractivity contribution in [2.24, 2.45) is 0 Å². The molecule has 1 rings (SSSR count). The second-order valence-electron chi connectivity index (χ2n) is 3.08. The van der Waals surface area contributed by atoms with E-state index in [1.54, 1.807) is 6.92 Å². The molecule has 1 heterocycles. The van der Waals surface area contributed by atoms with Crippen LogP contribution in [0.3, 0.4) is 0 Å². The molecule has 80 valence electrons. The third-order valence-electron chi connectivity index (χ3n) is 1.73. The largest absolute Gasteiger partial charge is 0.398 e. The van der Waals surface area contributed by atoms with E-state index in [2.05, 4.69) is 9.47 Å². The molecule has 0 aromatic carbocycles. The van der Waals surface area contributed by atoms with Crippen LogP contribution in [0.15, 0.2) is 0 Å². The summed E-state index contributed by atoms with van der Waals surface area (Å²) in [6, 6.07) is 0. The van der Waals surface area contributed by atoms with Crippen LogP contribution in [0, 0.1) is 0 Å². The first-order chi connectivity index (χ1) is 6.47. The molecular weight excluding hydrogens is 192 g/mol. The van der Waals surface area contributed by atoms with Crippen molar-refractivity contribution >= 4 is 11.9 Å². The SMILES string of the molecule is CCCC1(O)OC(=O)CC(O)C(=O)O1. The summed E-state index contributed by atoms with van der Waals surface area (Å²) in [5.41, 5.74) is 0. The van der Waals surface area contributed by atoms with Gasteiger partial charge in [-0.05, 0) is 6.42 Å². The minimum Gasteiger partial charge on any atom is -0.398 e. The second-order valence-corrected chi connectivity index (χ2v) is 3.08. The maximum Gasteiger partial charge on any atom is 0.373 e. The lowest BCUT2D eigenvalue weighted by molar-refractivity contribution is -0.324. The van der Waals surface area contributed by atoms with E-state index in [0.717, 1.165) is 0 Å². The van der Waals surface area contributed by atoms with E-state index in [0.29, 0.717) is 6.42 Å². The lowest BCUT2D eigenvalue weighted by Gasteiger charge is -2.23. The summed E-state index contributed by atoms with van der Waals surface area (Å²) in [6.45, 7) is 1.72. The lowest BCUT2D eigenvalue weighted by Crippen LogP contribution is -2.38. The number of cyclic esters (lactones) is 2. The van der Waals surface area contributed by atoms with Crippen molar-refractivity contribution in [3.63, 3.8) is 0 Å². The smallest absolute Gasteiger partial charge is 0.373 e. The van der Waals surface area contributed by atoms with Crippen LogP contribution in [0.25, 0.3) is 0 Å². The predicted molar refractivity (Wildman–Crippen MR) is 42.7 cm³/mol. The van der Waals surface area contributed by atoms with Crippen LogP contribution in [-0.4, -0.2) is 34.2 Å². The van der Waals surface area contributed by atoms with Crippen LogP contribution in [0.1, 0.15) is 26.2 Å². The number of rotatable bonds is 2. The van der Waals surface area contributed by atoms with Gasteiger partial charge in [0.2, 0.25) is 0 Å². The zero-order chi connectivity index (χ0) is 10.8. The Hall–Kier alpha value is -1.14. The van der Waals surface area contributed by atoms with Crippen LogP contribution < -0.4 is 0 Å². The zero-order valence-corrected chi connectivity index (χ0v) is 7.73. The Balaban J connectivity index is 2.79. The first-order valence-corrected chi connectivity index (χ1v) is 4.32. The molecular formula is C8H12O6. The summed E-state index contributed by atoms with van der Waals surface area (Å²) < 4.78 is 8.94. The Labute approximate surface area is 80.4 Å². The van der Waals surface area contributed by atoms with Crippen LogP contribution in [0.5, 0.6) is 0 Å². The third-order valence-corrected chi connectivity index (χ3v) is 1.73. The minimum atomic E-state index is -2.22. The van der Waals surface area contributed by atoms with Crippen molar-refractivity contribution in [1.82, 2.24) is 0 Å². The molecule has 0 amide bonds. The van der Waals surface area contributed by atoms with Crippen LogP contribution in [0.4, 0.5) is 0 Å². The quantitative estimate of drug-likeness (QED) is 0.577. The Kier molecular flexibility index (Phi) is 3.07. The first-order valence-electron chi connectivity index (χ1n) is 4.32. The summed E-state index contributed by atoms with van der Waals surface area (Å²) in [4.78, 5) is 21.9. The number of aliphatic hydroxyl groups excluding tert-OH is 1. The van der Waals surface area contributed by atoms with Gasteiger partial charge >= 0.3 is 17.9 Å². The summed E-state index contributed by atoms with van der Waals surface area (Å²) in [5.74, 6) is -4.13. The highest BCUT2D eigenvalue weighted by Crippen LogP contribution is 2.22. The number of esters is 2. The standard InChI is InChI=1S/C8H12O6/c1-2-3-8(12)13-6(10)4-5(9)7(11)14-8/h5,9,12H,2-4H2,1H3. The summed E-state index contributed by atoms with van der Waals surface area (Å²) >= 11 is 0. The molecule has 14 heavy (non-hydrogen) atoms. The van der Waals surface area contributed by atoms with Crippen LogP contribution >= 0.6 is 0 Å². The molecule has 0 spiro atoms. The van der Waals surface area contributed by atoms with E-state index in [1.165, 1.54) is 0 Å². The average Bonchev–Trinajstić information content (AvgIpc) is 2.10. The fourth-order valence-electron chi connectivity index (χ4n) is 1.12. The Morgan fingerprint density at radius 2 is 2.14 bits per heavy atom. The van der Waals surface area contributed by atoms with Crippen molar-refractivity contribution in [2.45, 2.75) is 38.3 Å². The first kappa shape index (κ1) is 10.9. The van der Waals surface area contributed by atoms with E-state index in [-0.39, 0.29) is 6.42 Å². The number of carbonyl (C=O) groups is 2. The van der Waals surface area contributed by atoms with E-state index in [9.17, 15) is 14.7 Å². The van der Waals surface area contributed by atoms with Crippen LogP contribution in [0.2, 0.25) is 0 Å². The molecule has 2 unspecified atom stereocenters. The number of ether oxygens (including phenoxy) is 2. The number of hydrogen-bond acceptors (Lipinski definition) is 6. The normalized spacial score (nSPS) is 33.2. The third kappa shape index (κ3) is 2.43. The van der Waals surface area contributed by atoms with Gasteiger partial charge in [-0.2, -0.15) is 0 Å². The summed E-state index contributed by atoms with van der Waals surface area (Å²) in [6.07, 6.45) is -1.61. The van der Waals surface area contributed by atoms with Crippen molar-refractivity contribution in [3.8, 4) is 0 Å². The van der Waals surface area contributed by atoms with E-state index < -0.39 is 30.4 Å². The topological polar surface area (TPSA) is 93.1 Å². The Morgan fingerprint density at radius 3 is 2.71 bits per heavy atom. The van der Waals surface area contributed by atoms with Crippen molar-refractivity contribution in [1.29, 1.82) is 0 Å². The van der Waals surface area contributed by atoms with Gasteiger partial charge in [0.1, 0.15) is 0 Å². The second kappa shape index (κ2) is 3.93. The molecule has 1 saturated heterocycles. The molecule has 0 radical (unpaired) electrons. The van der Waals surface area contributed by atoms with Crippen molar-refractivity contribution < 1.29 is 29.3 Å². The number of hydrogen-bond donors (Lipinski definition) is 2. The molecule has 6 heteroatoms. The van der Waals surface area contributed by atoms with Gasteiger partial charge < -0.3 is 19.7 Å². The summed E-state index contributed by atoms with van der Waals surface area (Å²) in [5, 5.41) is 18.6. The Morgan fingerprint density at radius 1 is 1.50 bits per heavy atom. The molecule has 1 aliphatic rings. The molecule has 2 N–H and O–H groups in total. The molecule has 0 saturated carbocycles. The van der Waals surface area contributed by atoms with Gasteiger partial charge in [0.25, 0.3) is 0 Å². The molecule has 6 nitrogen and oxygen atoms in total. The molecule has 1 aliphatic heterocycles. The highest BCUT2D eigenvalue weighted by Gasteiger charge is 2.41. The monoisotopic (exact) mass is 204 g/mol. The van der Waals surface area contributed by atoms with E-state index in [4.69, 9.17) is 5.11 Å². The number of aliphatic hydroxyl groups is 2. The molecule has 1 fully saturated rings. The predicted octanol–water partition coefficient (Wildman–Crippen LogP) is -0.716. The van der Waals surface area contributed by atoms with Gasteiger partial charge in [-0.1, -0.05) is 6.92 Å². The van der Waals surface area contributed by atoms with E-state index >= 15 is 0 Å². The summed E-state index contributed by atoms with van der Waals surface area (Å²) in [7, 11) is 0. The molecule has 0 aromatic heterocycles. The molecule has 0 aromatic rings. The molecule has 0 bridgehead atoms. The van der Waals surface area contributed by atoms with Crippen molar-refractivity contribution in [2.75, 3.05) is 0 Å². The fraction of sp³-hybridized carbons (Fsp3) is 0.750. The van der Waals surface area contributed by atoms with Crippen molar-refractivity contribution in [3.05, 3.63) is 0 Å². The van der Waals surface area contributed by atoms with Crippen LogP contribution in [-0.2, 0) is 19.1 Å². The molecule has 2 atom stereocenters. The van der Waals surface area contributed by atoms with Gasteiger partial charge in [-0.15, -0.1) is 0 Å². The maximum atomic E-state index is 11.0. The zero-order valence-electron chi connectivity index (χ0n) is 7.73.